The Morgan fingerprint density at radius 3 is 2.42 bits per heavy atom. The van der Waals surface area contributed by atoms with Gasteiger partial charge in [-0.3, -0.25) is 4.79 Å². The van der Waals surface area contributed by atoms with Crippen molar-refractivity contribution < 1.29 is 22.3 Å². The second-order valence-electron chi connectivity index (χ2n) is 7.82. The standard InChI is InChI=1S/C22H28FN3O4S/c1-25-13-11-20(12-14-25)30-19-9-7-18(8-10-19)24-22(27)16-26(31(2,28)29)15-17-5-3-4-6-21(17)23/h3-10,20H,11-16H2,1-2H3,(H,24,27). The molecule has 0 unspecified atom stereocenters. The summed E-state index contributed by atoms with van der Waals surface area (Å²) in [6.45, 7) is 1.37. The van der Waals surface area contributed by atoms with E-state index < -0.39 is 28.3 Å². The first-order chi connectivity index (χ1) is 14.7. The minimum absolute atomic E-state index is 0.179. The lowest BCUT2D eigenvalue weighted by Gasteiger charge is -2.29. The van der Waals surface area contributed by atoms with Gasteiger partial charge < -0.3 is 15.0 Å². The number of amides is 1. The van der Waals surface area contributed by atoms with E-state index >= 15 is 0 Å². The molecule has 9 heteroatoms. The lowest BCUT2D eigenvalue weighted by molar-refractivity contribution is -0.116. The molecule has 3 rings (SSSR count). The van der Waals surface area contributed by atoms with Crippen LogP contribution in [0.2, 0.25) is 0 Å². The number of nitrogens with one attached hydrogen (secondary N) is 1. The maximum Gasteiger partial charge on any atom is 0.239 e. The van der Waals surface area contributed by atoms with Crippen LogP contribution >= 0.6 is 0 Å². The molecule has 0 atom stereocenters. The predicted molar refractivity (Wildman–Crippen MR) is 118 cm³/mol. The summed E-state index contributed by atoms with van der Waals surface area (Å²) in [5.41, 5.74) is 0.733. The highest BCUT2D eigenvalue weighted by atomic mass is 32.2. The van der Waals surface area contributed by atoms with Gasteiger partial charge in [-0.25, -0.2) is 12.8 Å². The van der Waals surface area contributed by atoms with E-state index in [1.807, 2.05) is 0 Å². The van der Waals surface area contributed by atoms with E-state index in [1.165, 1.54) is 18.2 Å². The number of ether oxygens (including phenoxy) is 1. The SMILES string of the molecule is CN1CCC(Oc2ccc(NC(=O)CN(Cc3ccccc3F)S(C)(=O)=O)cc2)CC1. The number of hydrogen-bond acceptors (Lipinski definition) is 5. The summed E-state index contributed by atoms with van der Waals surface area (Å²) in [4.78, 5) is 14.7. The quantitative estimate of drug-likeness (QED) is 0.671. The Kier molecular flexibility index (Phi) is 7.64. The van der Waals surface area contributed by atoms with Gasteiger partial charge in [-0.15, -0.1) is 0 Å². The van der Waals surface area contributed by atoms with Gasteiger partial charge in [-0.2, -0.15) is 4.31 Å². The molecule has 0 aliphatic carbocycles. The van der Waals surface area contributed by atoms with Crippen LogP contribution in [0.5, 0.6) is 5.75 Å². The Hall–Kier alpha value is -2.49. The third-order valence-corrected chi connectivity index (χ3v) is 6.40. The maximum absolute atomic E-state index is 13.9. The minimum atomic E-state index is -3.71. The van der Waals surface area contributed by atoms with Crippen molar-refractivity contribution in [3.8, 4) is 5.75 Å². The average molecular weight is 450 g/mol. The van der Waals surface area contributed by atoms with Gasteiger partial charge in [0.2, 0.25) is 15.9 Å². The summed E-state index contributed by atoms with van der Waals surface area (Å²) in [6, 6.07) is 12.9. The zero-order valence-corrected chi connectivity index (χ0v) is 18.6. The Morgan fingerprint density at radius 2 is 1.81 bits per heavy atom. The normalized spacial score (nSPS) is 15.7. The minimum Gasteiger partial charge on any atom is -0.490 e. The number of carbonyl (C=O) groups excluding carboxylic acids is 1. The summed E-state index contributed by atoms with van der Waals surface area (Å²) >= 11 is 0. The number of halogens is 1. The molecule has 1 heterocycles. The number of piperidine rings is 1. The van der Waals surface area contributed by atoms with E-state index in [1.54, 1.807) is 30.3 Å². The van der Waals surface area contributed by atoms with Crippen molar-refractivity contribution in [2.45, 2.75) is 25.5 Å². The van der Waals surface area contributed by atoms with Crippen LogP contribution < -0.4 is 10.1 Å². The summed E-state index contributed by atoms with van der Waals surface area (Å²) in [5, 5.41) is 2.68. The predicted octanol–water partition coefficient (Wildman–Crippen LogP) is 2.70. The fourth-order valence-corrected chi connectivity index (χ4v) is 4.11. The van der Waals surface area contributed by atoms with Gasteiger partial charge >= 0.3 is 0 Å². The smallest absolute Gasteiger partial charge is 0.239 e. The van der Waals surface area contributed by atoms with Gasteiger partial charge in [-0.05, 0) is 50.2 Å². The van der Waals surface area contributed by atoms with E-state index in [0.717, 1.165) is 42.2 Å². The van der Waals surface area contributed by atoms with E-state index in [-0.39, 0.29) is 18.2 Å². The molecular weight excluding hydrogens is 421 g/mol. The van der Waals surface area contributed by atoms with Crippen molar-refractivity contribution in [1.82, 2.24) is 9.21 Å². The van der Waals surface area contributed by atoms with Crippen LogP contribution in [0.1, 0.15) is 18.4 Å². The monoisotopic (exact) mass is 449 g/mol. The molecule has 0 spiro atoms. The molecular formula is C22H28FN3O4S. The molecule has 2 aromatic carbocycles. The van der Waals surface area contributed by atoms with E-state index in [2.05, 4.69) is 17.3 Å². The van der Waals surface area contributed by atoms with Gasteiger partial charge in [0.1, 0.15) is 17.7 Å². The number of sulfonamides is 1. The topological polar surface area (TPSA) is 79.0 Å². The van der Waals surface area contributed by atoms with Gasteiger partial charge in [0.15, 0.2) is 0 Å². The highest BCUT2D eigenvalue weighted by Gasteiger charge is 2.22. The number of anilines is 1. The molecule has 1 aliphatic heterocycles. The Labute approximate surface area is 182 Å². The summed E-state index contributed by atoms with van der Waals surface area (Å²) in [5.74, 6) is -0.299. The van der Waals surface area contributed by atoms with E-state index in [4.69, 9.17) is 4.74 Å². The van der Waals surface area contributed by atoms with Gasteiger partial charge in [0.25, 0.3) is 0 Å². The lowest BCUT2D eigenvalue weighted by atomic mass is 10.1. The Morgan fingerprint density at radius 1 is 1.16 bits per heavy atom. The van der Waals surface area contributed by atoms with Crippen molar-refractivity contribution in [3.05, 3.63) is 59.9 Å². The molecule has 168 valence electrons. The second-order valence-corrected chi connectivity index (χ2v) is 9.80. The second kappa shape index (κ2) is 10.2. The van der Waals surface area contributed by atoms with Crippen LogP contribution in [0.3, 0.4) is 0 Å². The van der Waals surface area contributed by atoms with Crippen molar-refractivity contribution >= 4 is 21.6 Å². The molecule has 1 N–H and O–H groups in total. The number of nitrogens with zero attached hydrogens (tertiary/aromatic N) is 2. The van der Waals surface area contributed by atoms with Crippen LogP contribution in [-0.2, 0) is 21.4 Å². The molecule has 1 aliphatic rings. The van der Waals surface area contributed by atoms with E-state index in [9.17, 15) is 17.6 Å². The van der Waals surface area contributed by atoms with Crippen LogP contribution in [-0.4, -0.2) is 62.6 Å². The third kappa shape index (κ3) is 7.02. The summed E-state index contributed by atoms with van der Waals surface area (Å²) in [6.07, 6.45) is 3.12. The fourth-order valence-electron chi connectivity index (χ4n) is 3.38. The average Bonchev–Trinajstić information content (AvgIpc) is 2.71. The van der Waals surface area contributed by atoms with Crippen molar-refractivity contribution in [3.63, 3.8) is 0 Å². The van der Waals surface area contributed by atoms with Gasteiger partial charge in [0.05, 0.1) is 12.8 Å². The fraction of sp³-hybridized carbons (Fsp3) is 0.409. The van der Waals surface area contributed by atoms with Crippen LogP contribution in [0.4, 0.5) is 10.1 Å². The number of carbonyl (C=O) groups is 1. The van der Waals surface area contributed by atoms with Crippen molar-refractivity contribution in [2.24, 2.45) is 0 Å². The molecule has 2 aromatic rings. The Bertz CT molecular complexity index is 990. The summed E-state index contributed by atoms with van der Waals surface area (Å²) < 4.78 is 45.0. The first kappa shape index (κ1) is 23.2. The molecule has 0 bridgehead atoms. The maximum atomic E-state index is 13.9. The van der Waals surface area contributed by atoms with Crippen molar-refractivity contribution in [2.75, 3.05) is 38.3 Å². The first-order valence-corrected chi connectivity index (χ1v) is 12.0. The van der Waals surface area contributed by atoms with Crippen LogP contribution in [0.15, 0.2) is 48.5 Å². The first-order valence-electron chi connectivity index (χ1n) is 10.1. The molecule has 1 fully saturated rings. The Balaban J connectivity index is 1.57. The molecule has 0 aromatic heterocycles. The number of rotatable bonds is 8. The summed E-state index contributed by atoms with van der Waals surface area (Å²) in [7, 11) is -1.62. The lowest BCUT2D eigenvalue weighted by Crippen LogP contribution is -2.37. The molecule has 7 nitrogen and oxygen atoms in total. The third-order valence-electron chi connectivity index (χ3n) is 5.20. The largest absolute Gasteiger partial charge is 0.490 e. The molecule has 31 heavy (non-hydrogen) atoms. The van der Waals surface area contributed by atoms with Crippen LogP contribution in [0, 0.1) is 5.82 Å². The van der Waals surface area contributed by atoms with Crippen molar-refractivity contribution in [1.29, 1.82) is 0 Å². The van der Waals surface area contributed by atoms with Gasteiger partial charge in [-0.1, -0.05) is 18.2 Å². The highest BCUT2D eigenvalue weighted by Crippen LogP contribution is 2.21. The number of hydrogen-bond donors (Lipinski definition) is 1. The number of likely N-dealkylation sites (tertiary alicyclic amines) is 1. The number of benzene rings is 2. The zero-order chi connectivity index (χ0) is 22.4. The molecule has 0 saturated carbocycles. The molecule has 1 saturated heterocycles. The zero-order valence-electron chi connectivity index (χ0n) is 17.8. The molecule has 0 radical (unpaired) electrons. The highest BCUT2D eigenvalue weighted by molar-refractivity contribution is 7.88. The molecule has 1 amide bonds. The van der Waals surface area contributed by atoms with E-state index in [0.29, 0.717) is 5.69 Å². The van der Waals surface area contributed by atoms with Gasteiger partial charge in [0, 0.05) is 30.9 Å². The van der Waals surface area contributed by atoms with Crippen LogP contribution in [0.25, 0.3) is 0 Å².